The van der Waals surface area contributed by atoms with Gasteiger partial charge in [-0.2, -0.15) is 0 Å². The lowest BCUT2D eigenvalue weighted by atomic mass is 9.97. The summed E-state index contributed by atoms with van der Waals surface area (Å²) >= 11 is 1.23. The van der Waals surface area contributed by atoms with E-state index in [1.54, 1.807) is 7.11 Å². The van der Waals surface area contributed by atoms with Gasteiger partial charge < -0.3 is 14.5 Å². The molecular weight excluding hydrogens is 386 g/mol. The lowest BCUT2D eigenvalue weighted by Gasteiger charge is -2.21. The maximum absolute atomic E-state index is 12.5. The Balaban J connectivity index is 1.57. The van der Waals surface area contributed by atoms with Crippen LogP contribution in [0.4, 0.5) is 0 Å². The predicted octanol–water partition coefficient (Wildman–Crippen LogP) is 4.74. The standard InChI is InChI=1S/C22H25N3O3S/c1-15(2)13-19(16-7-5-4-6-8-16)23-20(26)14-29-22-25-24-21(28-22)17-9-11-18(27-3)12-10-17/h4-12,15,19H,13-14H2,1-3H3,(H,23,26)/t19-/m1/s1. The highest BCUT2D eigenvalue weighted by molar-refractivity contribution is 7.99. The number of carbonyl (C=O) groups excluding carboxylic acids is 1. The molecule has 1 heterocycles. The Hall–Kier alpha value is -2.80. The van der Waals surface area contributed by atoms with E-state index in [0.29, 0.717) is 17.0 Å². The molecule has 3 aromatic rings. The molecule has 0 aliphatic carbocycles. The summed E-state index contributed by atoms with van der Waals surface area (Å²) in [6.45, 7) is 4.30. The average molecular weight is 412 g/mol. The molecule has 0 radical (unpaired) electrons. The molecule has 6 nitrogen and oxygen atoms in total. The predicted molar refractivity (Wildman–Crippen MR) is 114 cm³/mol. The van der Waals surface area contributed by atoms with E-state index in [2.05, 4.69) is 29.4 Å². The van der Waals surface area contributed by atoms with Crippen LogP contribution in [0.5, 0.6) is 5.75 Å². The van der Waals surface area contributed by atoms with Crippen molar-refractivity contribution in [1.82, 2.24) is 15.5 Å². The SMILES string of the molecule is COc1ccc(-c2nnc(SCC(=O)N[C@H](CC(C)C)c3ccccc3)o2)cc1. The van der Waals surface area contributed by atoms with Crippen molar-refractivity contribution in [3.05, 3.63) is 60.2 Å². The number of rotatable bonds is 9. The number of nitrogens with one attached hydrogen (secondary N) is 1. The number of carbonyl (C=O) groups is 1. The zero-order valence-electron chi connectivity index (χ0n) is 16.8. The Morgan fingerprint density at radius 1 is 1.10 bits per heavy atom. The van der Waals surface area contributed by atoms with E-state index in [4.69, 9.17) is 9.15 Å². The van der Waals surface area contributed by atoms with Crippen molar-refractivity contribution in [1.29, 1.82) is 0 Å². The minimum Gasteiger partial charge on any atom is -0.497 e. The smallest absolute Gasteiger partial charge is 0.277 e. The second-order valence-electron chi connectivity index (χ2n) is 7.05. The fourth-order valence-corrected chi connectivity index (χ4v) is 3.49. The number of amides is 1. The normalized spacial score (nSPS) is 12.0. The van der Waals surface area contributed by atoms with E-state index in [-0.39, 0.29) is 17.7 Å². The fourth-order valence-electron chi connectivity index (χ4n) is 2.92. The van der Waals surface area contributed by atoms with Crippen molar-refractivity contribution in [2.24, 2.45) is 5.92 Å². The number of thioether (sulfide) groups is 1. The van der Waals surface area contributed by atoms with Gasteiger partial charge in [0.1, 0.15) is 5.75 Å². The molecule has 0 bridgehead atoms. The molecule has 29 heavy (non-hydrogen) atoms. The van der Waals surface area contributed by atoms with Gasteiger partial charge in [-0.15, -0.1) is 10.2 Å². The van der Waals surface area contributed by atoms with Gasteiger partial charge in [-0.05, 0) is 42.2 Å². The highest BCUT2D eigenvalue weighted by Gasteiger charge is 2.17. The maximum Gasteiger partial charge on any atom is 0.277 e. The van der Waals surface area contributed by atoms with Crippen molar-refractivity contribution in [3.63, 3.8) is 0 Å². The lowest BCUT2D eigenvalue weighted by Crippen LogP contribution is -2.30. The molecule has 0 aliphatic rings. The molecule has 0 fully saturated rings. The van der Waals surface area contributed by atoms with Crippen LogP contribution >= 0.6 is 11.8 Å². The van der Waals surface area contributed by atoms with Gasteiger partial charge in [0, 0.05) is 5.56 Å². The molecule has 0 spiro atoms. The Kier molecular flexibility index (Phi) is 7.30. The molecule has 1 atom stereocenters. The molecule has 0 saturated heterocycles. The Morgan fingerprint density at radius 3 is 2.48 bits per heavy atom. The van der Waals surface area contributed by atoms with Crippen LogP contribution in [0.25, 0.3) is 11.5 Å². The molecule has 0 unspecified atom stereocenters. The summed E-state index contributed by atoms with van der Waals surface area (Å²) in [5, 5.41) is 11.6. The molecule has 1 amide bonds. The quantitative estimate of drug-likeness (QED) is 0.513. The van der Waals surface area contributed by atoms with Crippen molar-refractivity contribution in [2.75, 3.05) is 12.9 Å². The molecule has 1 aromatic heterocycles. The number of benzene rings is 2. The van der Waals surface area contributed by atoms with Gasteiger partial charge in [0.05, 0.1) is 18.9 Å². The summed E-state index contributed by atoms with van der Waals surface area (Å²) in [5.41, 5.74) is 1.91. The first kappa shape index (κ1) is 20.9. The Bertz CT molecular complexity index is 911. The second-order valence-corrected chi connectivity index (χ2v) is 7.98. The van der Waals surface area contributed by atoms with Crippen molar-refractivity contribution >= 4 is 17.7 Å². The zero-order chi connectivity index (χ0) is 20.6. The third-order valence-corrected chi connectivity index (χ3v) is 5.13. The number of aromatic nitrogens is 2. The largest absolute Gasteiger partial charge is 0.497 e. The van der Waals surface area contributed by atoms with Crippen LogP contribution in [-0.2, 0) is 4.79 Å². The van der Waals surface area contributed by atoms with Gasteiger partial charge in [0.15, 0.2) is 0 Å². The molecule has 0 saturated carbocycles. The third-order valence-electron chi connectivity index (χ3n) is 4.31. The first-order valence-corrected chi connectivity index (χ1v) is 10.5. The number of hydrogen-bond acceptors (Lipinski definition) is 6. The minimum atomic E-state index is -0.0614. The first-order chi connectivity index (χ1) is 14.0. The molecule has 0 aliphatic heterocycles. The zero-order valence-corrected chi connectivity index (χ0v) is 17.6. The minimum absolute atomic E-state index is 0.0122. The van der Waals surface area contributed by atoms with Gasteiger partial charge in [-0.3, -0.25) is 4.79 Å². The van der Waals surface area contributed by atoms with E-state index in [0.717, 1.165) is 23.3 Å². The Labute approximate surface area is 175 Å². The summed E-state index contributed by atoms with van der Waals surface area (Å²) < 4.78 is 10.8. The topological polar surface area (TPSA) is 77.2 Å². The number of methoxy groups -OCH3 is 1. The van der Waals surface area contributed by atoms with Crippen LogP contribution < -0.4 is 10.1 Å². The van der Waals surface area contributed by atoms with E-state index >= 15 is 0 Å². The lowest BCUT2D eigenvalue weighted by molar-refractivity contribution is -0.119. The van der Waals surface area contributed by atoms with E-state index < -0.39 is 0 Å². The summed E-state index contributed by atoms with van der Waals surface area (Å²) in [6.07, 6.45) is 0.878. The number of nitrogens with zero attached hydrogens (tertiary/aromatic N) is 2. The summed E-state index contributed by atoms with van der Waals surface area (Å²) in [5.74, 6) is 1.79. The van der Waals surface area contributed by atoms with Crippen molar-refractivity contribution in [2.45, 2.75) is 31.5 Å². The maximum atomic E-state index is 12.5. The van der Waals surface area contributed by atoms with Crippen LogP contribution in [0.15, 0.2) is 64.2 Å². The molecule has 2 aromatic carbocycles. The van der Waals surface area contributed by atoms with Crippen LogP contribution in [-0.4, -0.2) is 29.0 Å². The van der Waals surface area contributed by atoms with E-state index in [1.165, 1.54) is 11.8 Å². The van der Waals surface area contributed by atoms with Gasteiger partial charge in [0.2, 0.25) is 11.8 Å². The van der Waals surface area contributed by atoms with Crippen LogP contribution in [0.1, 0.15) is 31.9 Å². The van der Waals surface area contributed by atoms with Crippen molar-refractivity contribution < 1.29 is 13.9 Å². The van der Waals surface area contributed by atoms with Gasteiger partial charge >= 0.3 is 0 Å². The second kappa shape index (κ2) is 10.1. The van der Waals surface area contributed by atoms with Gasteiger partial charge in [-0.1, -0.05) is 55.9 Å². The number of ether oxygens (including phenoxy) is 1. The molecule has 152 valence electrons. The van der Waals surface area contributed by atoms with Crippen LogP contribution in [0.2, 0.25) is 0 Å². The summed E-state index contributed by atoms with van der Waals surface area (Å²) in [4.78, 5) is 12.5. The van der Waals surface area contributed by atoms with Crippen LogP contribution in [0.3, 0.4) is 0 Å². The summed E-state index contributed by atoms with van der Waals surface area (Å²) in [7, 11) is 1.62. The highest BCUT2D eigenvalue weighted by Crippen LogP contribution is 2.25. The third kappa shape index (κ3) is 6.09. The Morgan fingerprint density at radius 2 is 1.83 bits per heavy atom. The molecule has 7 heteroatoms. The molecular formula is C22H25N3O3S. The van der Waals surface area contributed by atoms with Gasteiger partial charge in [-0.25, -0.2) is 0 Å². The molecule has 3 rings (SSSR count). The number of hydrogen-bond donors (Lipinski definition) is 1. The summed E-state index contributed by atoms with van der Waals surface area (Å²) in [6, 6.07) is 17.4. The molecule has 1 N–H and O–H groups in total. The first-order valence-electron chi connectivity index (χ1n) is 9.50. The fraction of sp³-hybridized carbons (Fsp3) is 0.318. The average Bonchev–Trinajstić information content (AvgIpc) is 3.21. The van der Waals surface area contributed by atoms with E-state index in [9.17, 15) is 4.79 Å². The van der Waals surface area contributed by atoms with Crippen molar-refractivity contribution in [3.8, 4) is 17.2 Å². The van der Waals surface area contributed by atoms with E-state index in [1.807, 2.05) is 54.6 Å². The van der Waals surface area contributed by atoms with Gasteiger partial charge in [0.25, 0.3) is 5.22 Å². The monoisotopic (exact) mass is 411 g/mol. The highest BCUT2D eigenvalue weighted by atomic mass is 32.2. The van der Waals surface area contributed by atoms with Crippen LogP contribution in [0, 0.1) is 5.92 Å².